The maximum atomic E-state index is 12.8. The maximum absolute atomic E-state index is 12.8. The molecule has 0 bridgehead atoms. The summed E-state index contributed by atoms with van der Waals surface area (Å²) in [6, 6.07) is 6.62. The predicted molar refractivity (Wildman–Crippen MR) is 110 cm³/mol. The Balaban J connectivity index is 3.19. The van der Waals surface area contributed by atoms with E-state index in [1.165, 1.54) is 7.11 Å². The number of hydrogen-bond donors (Lipinski definition) is 0. The molecular weight excluding hydrogens is 374 g/mol. The molecule has 0 aromatic heterocycles. The molecule has 7 nitrogen and oxygen atoms in total. The second kappa shape index (κ2) is 9.76. The van der Waals surface area contributed by atoms with Crippen LogP contribution in [0.2, 0.25) is 0 Å². The molecule has 0 heterocycles. The molecule has 0 aliphatic carbocycles. The van der Waals surface area contributed by atoms with E-state index in [1.807, 2.05) is 31.2 Å². The standard InChI is InChI=1S/C22H33NO6/c1-15-9-11-16(12-10-15)13-14-17(18(24)27-8)23(19(25)28-21(2,3)4)20(26)29-22(5,6)7/h9-12,17H,13-14H2,1-8H3. The van der Waals surface area contributed by atoms with Gasteiger partial charge in [0.15, 0.2) is 0 Å². The van der Waals surface area contributed by atoms with Gasteiger partial charge in [-0.1, -0.05) is 29.8 Å². The van der Waals surface area contributed by atoms with Crippen molar-refractivity contribution in [3.05, 3.63) is 35.4 Å². The van der Waals surface area contributed by atoms with Gasteiger partial charge < -0.3 is 14.2 Å². The minimum Gasteiger partial charge on any atom is -0.467 e. The Morgan fingerprint density at radius 3 is 1.72 bits per heavy atom. The highest BCUT2D eigenvalue weighted by molar-refractivity contribution is 5.94. The second-order valence-corrected chi connectivity index (χ2v) is 8.89. The molecule has 1 unspecified atom stereocenters. The second-order valence-electron chi connectivity index (χ2n) is 8.89. The summed E-state index contributed by atoms with van der Waals surface area (Å²) in [7, 11) is 1.21. The van der Waals surface area contributed by atoms with Gasteiger partial charge in [-0.2, -0.15) is 4.90 Å². The van der Waals surface area contributed by atoms with Gasteiger partial charge in [-0.3, -0.25) is 0 Å². The largest absolute Gasteiger partial charge is 0.467 e. The fourth-order valence-corrected chi connectivity index (χ4v) is 2.50. The van der Waals surface area contributed by atoms with E-state index in [9.17, 15) is 14.4 Å². The van der Waals surface area contributed by atoms with Crippen molar-refractivity contribution in [2.24, 2.45) is 0 Å². The van der Waals surface area contributed by atoms with E-state index >= 15 is 0 Å². The summed E-state index contributed by atoms with van der Waals surface area (Å²) in [6.45, 7) is 12.0. The first kappa shape index (κ1) is 24.5. The van der Waals surface area contributed by atoms with E-state index in [1.54, 1.807) is 41.5 Å². The molecule has 1 atom stereocenters. The Kier molecular flexibility index (Phi) is 8.24. The maximum Gasteiger partial charge on any atom is 0.420 e. The number of ether oxygens (including phenoxy) is 3. The number of rotatable bonds is 5. The topological polar surface area (TPSA) is 82.1 Å². The Bertz CT molecular complexity index is 684. The average Bonchev–Trinajstić information content (AvgIpc) is 2.55. The molecule has 0 fully saturated rings. The SMILES string of the molecule is COC(=O)C(CCc1ccc(C)cc1)N(C(=O)OC(C)(C)C)C(=O)OC(C)(C)C. The molecule has 29 heavy (non-hydrogen) atoms. The zero-order valence-electron chi connectivity index (χ0n) is 18.7. The Morgan fingerprint density at radius 1 is 0.897 bits per heavy atom. The zero-order valence-corrected chi connectivity index (χ0v) is 18.7. The van der Waals surface area contributed by atoms with Crippen LogP contribution in [-0.2, 0) is 25.4 Å². The number of imide groups is 1. The van der Waals surface area contributed by atoms with Crippen molar-refractivity contribution in [3.63, 3.8) is 0 Å². The summed E-state index contributed by atoms with van der Waals surface area (Å²) in [4.78, 5) is 38.8. The van der Waals surface area contributed by atoms with Crippen molar-refractivity contribution >= 4 is 18.2 Å². The predicted octanol–water partition coefficient (Wildman–Crippen LogP) is 4.64. The fourth-order valence-electron chi connectivity index (χ4n) is 2.50. The van der Waals surface area contributed by atoms with E-state index in [0.29, 0.717) is 6.42 Å². The van der Waals surface area contributed by atoms with Gasteiger partial charge in [-0.25, -0.2) is 14.4 Å². The first-order valence-electron chi connectivity index (χ1n) is 9.62. The molecule has 0 saturated heterocycles. The summed E-state index contributed by atoms with van der Waals surface area (Å²) in [6.07, 6.45) is -1.27. The summed E-state index contributed by atoms with van der Waals surface area (Å²) < 4.78 is 15.6. The molecule has 1 aromatic carbocycles. The molecule has 0 aliphatic heterocycles. The number of carbonyl (C=O) groups excluding carboxylic acids is 3. The molecule has 0 radical (unpaired) electrons. The number of aryl methyl sites for hydroxylation is 2. The number of amides is 2. The van der Waals surface area contributed by atoms with Gasteiger partial charge in [-0.05, 0) is 66.9 Å². The number of esters is 1. The van der Waals surface area contributed by atoms with E-state index in [-0.39, 0.29) is 6.42 Å². The van der Waals surface area contributed by atoms with Crippen molar-refractivity contribution < 1.29 is 28.6 Å². The number of hydrogen-bond acceptors (Lipinski definition) is 6. The van der Waals surface area contributed by atoms with Gasteiger partial charge >= 0.3 is 18.2 Å². The summed E-state index contributed by atoms with van der Waals surface area (Å²) in [5.74, 6) is -0.714. The Morgan fingerprint density at radius 2 is 1.34 bits per heavy atom. The van der Waals surface area contributed by atoms with E-state index in [0.717, 1.165) is 16.0 Å². The van der Waals surface area contributed by atoms with Gasteiger partial charge in [0.1, 0.15) is 17.2 Å². The molecule has 7 heteroatoms. The van der Waals surface area contributed by atoms with Gasteiger partial charge in [0.05, 0.1) is 7.11 Å². The van der Waals surface area contributed by atoms with Crippen LogP contribution < -0.4 is 0 Å². The molecular formula is C22H33NO6. The van der Waals surface area contributed by atoms with E-state index in [2.05, 4.69) is 0 Å². The summed E-state index contributed by atoms with van der Waals surface area (Å²) in [5, 5.41) is 0. The van der Waals surface area contributed by atoms with Crippen molar-refractivity contribution in [3.8, 4) is 0 Å². The lowest BCUT2D eigenvalue weighted by atomic mass is 10.0. The van der Waals surface area contributed by atoms with Gasteiger partial charge in [0, 0.05) is 0 Å². The van der Waals surface area contributed by atoms with E-state index < -0.39 is 35.4 Å². The molecule has 0 saturated carbocycles. The molecule has 0 aliphatic rings. The molecule has 0 spiro atoms. The highest BCUT2D eigenvalue weighted by atomic mass is 16.6. The zero-order chi connectivity index (χ0) is 22.4. The number of benzene rings is 1. The smallest absolute Gasteiger partial charge is 0.420 e. The van der Waals surface area contributed by atoms with Gasteiger partial charge in [0.25, 0.3) is 0 Å². The van der Waals surface area contributed by atoms with Crippen molar-refractivity contribution in [1.29, 1.82) is 0 Å². The number of methoxy groups -OCH3 is 1. The molecule has 162 valence electrons. The van der Waals surface area contributed by atoms with Gasteiger partial charge in [-0.15, -0.1) is 0 Å². The third-order valence-electron chi connectivity index (χ3n) is 3.79. The fraction of sp³-hybridized carbons (Fsp3) is 0.591. The lowest BCUT2D eigenvalue weighted by Crippen LogP contribution is -2.52. The van der Waals surface area contributed by atoms with Crippen LogP contribution in [0.3, 0.4) is 0 Å². The molecule has 0 N–H and O–H groups in total. The lowest BCUT2D eigenvalue weighted by molar-refractivity contribution is -0.146. The third-order valence-corrected chi connectivity index (χ3v) is 3.79. The number of nitrogens with zero attached hydrogens (tertiary/aromatic N) is 1. The normalized spacial score (nSPS) is 12.7. The first-order chi connectivity index (χ1) is 13.2. The van der Waals surface area contributed by atoms with Crippen LogP contribution in [0.15, 0.2) is 24.3 Å². The molecule has 1 aromatic rings. The van der Waals surface area contributed by atoms with Crippen LogP contribution in [0.4, 0.5) is 9.59 Å². The number of carbonyl (C=O) groups is 3. The van der Waals surface area contributed by atoms with Crippen LogP contribution in [0.25, 0.3) is 0 Å². The average molecular weight is 408 g/mol. The molecule has 1 rings (SSSR count). The highest BCUT2D eigenvalue weighted by Crippen LogP contribution is 2.20. The Labute approximate surface area is 173 Å². The monoisotopic (exact) mass is 407 g/mol. The Hall–Kier alpha value is -2.57. The van der Waals surface area contributed by atoms with Crippen LogP contribution in [0, 0.1) is 6.92 Å². The first-order valence-corrected chi connectivity index (χ1v) is 9.62. The van der Waals surface area contributed by atoms with Gasteiger partial charge in [0.2, 0.25) is 0 Å². The highest BCUT2D eigenvalue weighted by Gasteiger charge is 2.40. The summed E-state index contributed by atoms with van der Waals surface area (Å²) >= 11 is 0. The van der Waals surface area contributed by atoms with Crippen molar-refractivity contribution in [2.75, 3.05) is 7.11 Å². The van der Waals surface area contributed by atoms with Crippen LogP contribution in [0.1, 0.15) is 59.1 Å². The van der Waals surface area contributed by atoms with Crippen molar-refractivity contribution in [2.45, 2.75) is 78.6 Å². The van der Waals surface area contributed by atoms with Crippen LogP contribution in [0.5, 0.6) is 0 Å². The minimum atomic E-state index is -1.17. The van der Waals surface area contributed by atoms with E-state index in [4.69, 9.17) is 14.2 Å². The van der Waals surface area contributed by atoms with Crippen molar-refractivity contribution in [1.82, 2.24) is 4.90 Å². The van der Waals surface area contributed by atoms with Crippen LogP contribution >= 0.6 is 0 Å². The third kappa shape index (κ3) is 8.54. The quantitative estimate of drug-likeness (QED) is 0.522. The molecule has 2 amide bonds. The summed E-state index contributed by atoms with van der Waals surface area (Å²) in [5.41, 5.74) is 0.379. The van der Waals surface area contributed by atoms with Crippen LogP contribution in [-0.4, -0.2) is 47.4 Å². The lowest BCUT2D eigenvalue weighted by Gasteiger charge is -2.32. The minimum absolute atomic E-state index is 0.175.